The Bertz CT molecular complexity index is 1220. The van der Waals surface area contributed by atoms with Crippen molar-refractivity contribution in [2.24, 2.45) is 0 Å². The highest BCUT2D eigenvalue weighted by molar-refractivity contribution is 5.87. The number of aryl methyl sites for hydroxylation is 1. The fraction of sp³-hybridized carbons (Fsp3) is 0.0455. The van der Waals surface area contributed by atoms with Gasteiger partial charge in [0.1, 0.15) is 11.9 Å². The lowest BCUT2D eigenvalue weighted by Crippen LogP contribution is -2.14. The number of pyridine rings is 2. The van der Waals surface area contributed by atoms with Gasteiger partial charge in [0.05, 0.1) is 10.9 Å². The lowest BCUT2D eigenvalue weighted by atomic mass is 10.1. The number of rotatable bonds is 3. The van der Waals surface area contributed by atoms with Gasteiger partial charge in [-0.1, -0.05) is 36.4 Å². The molecule has 1 N–H and O–H groups in total. The zero-order valence-electron chi connectivity index (χ0n) is 14.7. The Morgan fingerprint density at radius 2 is 1.67 bits per heavy atom. The molecule has 0 amide bonds. The number of nitrogens with zero attached hydrogens (tertiary/aromatic N) is 3. The van der Waals surface area contributed by atoms with Crippen LogP contribution < -0.4 is 10.7 Å². The van der Waals surface area contributed by atoms with Crippen molar-refractivity contribution < 1.29 is 0 Å². The van der Waals surface area contributed by atoms with Gasteiger partial charge >= 0.3 is 0 Å². The standard InChI is InChI=1S/C22H16N4O/c1-15-12-19-22(18(14-23)24-15)20(27)13-21(25-16-8-4-2-5-9-16)26(19)17-10-6-3-7-11-17/h2-13,25H,1H3. The average molecular weight is 352 g/mol. The fourth-order valence-corrected chi connectivity index (χ4v) is 3.16. The molecule has 5 nitrogen and oxygen atoms in total. The van der Waals surface area contributed by atoms with Gasteiger partial charge < -0.3 is 5.32 Å². The van der Waals surface area contributed by atoms with E-state index in [0.717, 1.165) is 11.4 Å². The maximum absolute atomic E-state index is 12.8. The number of hydrogen-bond acceptors (Lipinski definition) is 4. The quantitative estimate of drug-likeness (QED) is 0.596. The molecule has 0 bridgehead atoms. The smallest absolute Gasteiger partial charge is 0.194 e. The van der Waals surface area contributed by atoms with Crippen molar-refractivity contribution in [1.29, 1.82) is 5.26 Å². The van der Waals surface area contributed by atoms with Crippen LogP contribution in [0.4, 0.5) is 11.5 Å². The molecule has 4 rings (SSSR count). The van der Waals surface area contributed by atoms with Gasteiger partial charge in [0.15, 0.2) is 11.1 Å². The Morgan fingerprint density at radius 1 is 1.00 bits per heavy atom. The van der Waals surface area contributed by atoms with E-state index in [2.05, 4.69) is 16.4 Å². The third-order valence-corrected chi connectivity index (χ3v) is 4.29. The van der Waals surface area contributed by atoms with Gasteiger partial charge in [-0.3, -0.25) is 9.36 Å². The largest absolute Gasteiger partial charge is 0.341 e. The summed E-state index contributed by atoms with van der Waals surface area (Å²) >= 11 is 0. The number of para-hydroxylation sites is 2. The van der Waals surface area contributed by atoms with Crippen molar-refractivity contribution >= 4 is 22.4 Å². The van der Waals surface area contributed by atoms with Crippen molar-refractivity contribution in [1.82, 2.24) is 9.55 Å². The molecule has 0 saturated carbocycles. The second-order valence-corrected chi connectivity index (χ2v) is 6.17. The van der Waals surface area contributed by atoms with E-state index in [4.69, 9.17) is 0 Å². The fourth-order valence-electron chi connectivity index (χ4n) is 3.16. The predicted molar refractivity (Wildman–Crippen MR) is 107 cm³/mol. The summed E-state index contributed by atoms with van der Waals surface area (Å²) in [6, 6.07) is 24.8. The molecule has 0 saturated heterocycles. The van der Waals surface area contributed by atoms with Crippen LogP contribution in [0.15, 0.2) is 77.6 Å². The Morgan fingerprint density at radius 3 is 2.33 bits per heavy atom. The highest BCUT2D eigenvalue weighted by atomic mass is 16.1. The van der Waals surface area contributed by atoms with Crippen LogP contribution in [0, 0.1) is 18.3 Å². The average Bonchev–Trinajstić information content (AvgIpc) is 2.68. The number of benzene rings is 2. The normalized spacial score (nSPS) is 10.5. The third kappa shape index (κ3) is 3.05. The number of fused-ring (bicyclic) bond motifs is 1. The maximum atomic E-state index is 12.8. The number of nitrogens with one attached hydrogen (secondary N) is 1. The molecule has 2 aromatic heterocycles. The van der Waals surface area contributed by atoms with Gasteiger partial charge in [0.2, 0.25) is 0 Å². The first-order valence-electron chi connectivity index (χ1n) is 8.52. The summed E-state index contributed by atoms with van der Waals surface area (Å²) in [6.45, 7) is 1.82. The van der Waals surface area contributed by atoms with Gasteiger partial charge in [-0.15, -0.1) is 0 Å². The van der Waals surface area contributed by atoms with E-state index < -0.39 is 0 Å². The lowest BCUT2D eigenvalue weighted by Gasteiger charge is -2.19. The van der Waals surface area contributed by atoms with Crippen LogP contribution in [-0.2, 0) is 0 Å². The molecule has 4 aromatic rings. The number of nitriles is 1. The SMILES string of the molecule is Cc1cc2c(c(C#N)n1)c(=O)cc(Nc1ccccc1)n2-c1ccccc1. The van der Waals surface area contributed by atoms with Gasteiger partial charge in [-0.25, -0.2) is 4.98 Å². The van der Waals surface area contributed by atoms with E-state index in [-0.39, 0.29) is 11.1 Å². The van der Waals surface area contributed by atoms with Gasteiger partial charge in [0, 0.05) is 23.1 Å². The summed E-state index contributed by atoms with van der Waals surface area (Å²) in [5, 5.41) is 13.1. The Balaban J connectivity index is 2.09. The molecule has 2 heterocycles. The van der Waals surface area contributed by atoms with E-state index in [0.29, 0.717) is 22.4 Å². The lowest BCUT2D eigenvalue weighted by molar-refractivity contribution is 1.08. The van der Waals surface area contributed by atoms with Crippen molar-refractivity contribution in [2.45, 2.75) is 6.92 Å². The van der Waals surface area contributed by atoms with Crippen molar-refractivity contribution in [3.8, 4) is 11.8 Å². The Labute approximate surface area is 156 Å². The highest BCUT2D eigenvalue weighted by Gasteiger charge is 2.16. The van der Waals surface area contributed by atoms with Crippen LogP contribution >= 0.6 is 0 Å². The van der Waals surface area contributed by atoms with Crippen molar-refractivity contribution in [3.63, 3.8) is 0 Å². The molecule has 2 aromatic carbocycles. The molecule has 0 fully saturated rings. The zero-order chi connectivity index (χ0) is 18.8. The summed E-state index contributed by atoms with van der Waals surface area (Å²) in [4.78, 5) is 17.1. The van der Waals surface area contributed by atoms with Crippen molar-refractivity contribution in [3.05, 3.63) is 94.4 Å². The summed E-state index contributed by atoms with van der Waals surface area (Å²) in [5.41, 5.74) is 2.99. The minimum atomic E-state index is -0.236. The van der Waals surface area contributed by atoms with Crippen LogP contribution in [0.2, 0.25) is 0 Å². The molecule has 0 aliphatic rings. The second-order valence-electron chi connectivity index (χ2n) is 6.17. The van der Waals surface area contributed by atoms with Crippen LogP contribution in [0.3, 0.4) is 0 Å². The molecule has 0 spiro atoms. The predicted octanol–water partition coefficient (Wildman–Crippen LogP) is 4.31. The van der Waals surface area contributed by atoms with E-state index in [1.807, 2.05) is 78.2 Å². The molecule has 0 aliphatic carbocycles. The summed E-state index contributed by atoms with van der Waals surface area (Å²) in [7, 11) is 0. The molecule has 0 radical (unpaired) electrons. The first kappa shape index (κ1) is 16.6. The van der Waals surface area contributed by atoms with Gasteiger partial charge in [-0.05, 0) is 37.3 Å². The van der Waals surface area contributed by atoms with E-state index in [1.165, 1.54) is 6.07 Å². The summed E-state index contributed by atoms with van der Waals surface area (Å²) in [6.07, 6.45) is 0. The van der Waals surface area contributed by atoms with E-state index in [1.54, 1.807) is 0 Å². The van der Waals surface area contributed by atoms with Crippen LogP contribution in [0.1, 0.15) is 11.4 Å². The molecule has 27 heavy (non-hydrogen) atoms. The number of aromatic nitrogens is 2. The van der Waals surface area contributed by atoms with E-state index in [9.17, 15) is 10.1 Å². The third-order valence-electron chi connectivity index (χ3n) is 4.29. The minimum Gasteiger partial charge on any atom is -0.341 e. The molecule has 0 atom stereocenters. The van der Waals surface area contributed by atoms with Crippen molar-refractivity contribution in [2.75, 3.05) is 5.32 Å². The molecule has 0 aliphatic heterocycles. The maximum Gasteiger partial charge on any atom is 0.194 e. The van der Waals surface area contributed by atoms with Gasteiger partial charge in [-0.2, -0.15) is 5.26 Å². The Kier molecular flexibility index (Phi) is 4.15. The van der Waals surface area contributed by atoms with Gasteiger partial charge in [0.25, 0.3) is 0 Å². The summed E-state index contributed by atoms with van der Waals surface area (Å²) in [5.74, 6) is 0.624. The Hall–Kier alpha value is -3.91. The molecular formula is C22H16N4O. The highest BCUT2D eigenvalue weighted by Crippen LogP contribution is 2.26. The molecule has 5 heteroatoms. The first-order valence-corrected chi connectivity index (χ1v) is 8.52. The number of anilines is 2. The number of hydrogen-bond donors (Lipinski definition) is 1. The topological polar surface area (TPSA) is 70.7 Å². The van der Waals surface area contributed by atoms with Crippen LogP contribution in [0.25, 0.3) is 16.6 Å². The van der Waals surface area contributed by atoms with Crippen LogP contribution in [-0.4, -0.2) is 9.55 Å². The monoisotopic (exact) mass is 352 g/mol. The first-order chi connectivity index (χ1) is 13.2. The zero-order valence-corrected chi connectivity index (χ0v) is 14.7. The molecule has 0 unspecified atom stereocenters. The molecule has 130 valence electrons. The summed E-state index contributed by atoms with van der Waals surface area (Å²) < 4.78 is 1.94. The second kappa shape index (κ2) is 6.77. The van der Waals surface area contributed by atoms with Crippen LogP contribution in [0.5, 0.6) is 0 Å². The molecular weight excluding hydrogens is 336 g/mol. The van der Waals surface area contributed by atoms with E-state index >= 15 is 0 Å². The minimum absolute atomic E-state index is 0.144.